The van der Waals surface area contributed by atoms with E-state index in [1.807, 2.05) is 30.3 Å². The molecule has 0 saturated heterocycles. The molecule has 0 bridgehead atoms. The van der Waals surface area contributed by atoms with Crippen LogP contribution in [0.5, 0.6) is 0 Å². The van der Waals surface area contributed by atoms with Crippen LogP contribution in [0, 0.1) is 0 Å². The van der Waals surface area contributed by atoms with Crippen LogP contribution in [0.3, 0.4) is 0 Å². The number of nitrogens with one attached hydrogen (secondary N) is 3. The third-order valence-electron chi connectivity index (χ3n) is 7.46. The summed E-state index contributed by atoms with van der Waals surface area (Å²) < 4.78 is 1.63. The van der Waals surface area contributed by atoms with Gasteiger partial charge >= 0.3 is 0 Å². The average Bonchev–Trinajstić information content (AvgIpc) is 3.52. The second kappa shape index (κ2) is 7.50. The van der Waals surface area contributed by atoms with E-state index in [1.54, 1.807) is 22.9 Å². The number of rotatable bonds is 3. The second-order valence-corrected chi connectivity index (χ2v) is 10.00. The van der Waals surface area contributed by atoms with Crippen LogP contribution in [0.2, 0.25) is 5.02 Å². The number of amides is 3. The van der Waals surface area contributed by atoms with E-state index < -0.39 is 17.1 Å². The van der Waals surface area contributed by atoms with E-state index in [0.29, 0.717) is 46.0 Å². The zero-order valence-corrected chi connectivity index (χ0v) is 20.0. The average molecular weight is 512 g/mol. The predicted molar refractivity (Wildman–Crippen MR) is 137 cm³/mol. The van der Waals surface area contributed by atoms with Crippen molar-refractivity contribution < 1.29 is 19.2 Å². The van der Waals surface area contributed by atoms with Crippen molar-refractivity contribution in [2.24, 2.45) is 0 Å². The van der Waals surface area contributed by atoms with Crippen LogP contribution in [-0.4, -0.2) is 33.1 Å². The highest BCUT2D eigenvalue weighted by atomic mass is 35.5. The van der Waals surface area contributed by atoms with Crippen molar-refractivity contribution >= 4 is 63.2 Å². The molecule has 3 N–H and O–H groups in total. The van der Waals surface area contributed by atoms with Crippen molar-refractivity contribution in [3.8, 4) is 0 Å². The number of anilines is 3. The summed E-state index contributed by atoms with van der Waals surface area (Å²) >= 11 is 6.23. The fourth-order valence-electron chi connectivity index (χ4n) is 5.79. The Kier molecular flexibility index (Phi) is 4.41. The minimum atomic E-state index is -0.755. The standard InChI is InChI=1S/C27H18ClN5O4/c28-18-5-6-19-21-16(23(35)25(36)31-22(18)21)11-33(19)12-20(34)30-15-4-3-13-9-27(10-14(13)8-15)17-2-1-7-29-24(17)32-26(27)37/h1-8,11H,9-10,12H2,(H,30,34)(H,31,36)(H,29,32,37). The van der Waals surface area contributed by atoms with Gasteiger partial charge in [-0.25, -0.2) is 4.98 Å². The number of fused-ring (bicyclic) bond motifs is 3. The van der Waals surface area contributed by atoms with E-state index in [1.165, 1.54) is 6.20 Å². The Labute approximate surface area is 214 Å². The number of benzene rings is 2. The van der Waals surface area contributed by atoms with Crippen LogP contribution in [0.1, 0.15) is 27.0 Å². The Bertz CT molecular complexity index is 1740. The van der Waals surface area contributed by atoms with Gasteiger partial charge in [0.1, 0.15) is 12.4 Å². The molecule has 2 aromatic heterocycles. The van der Waals surface area contributed by atoms with Crippen molar-refractivity contribution in [1.29, 1.82) is 0 Å². The first-order valence-electron chi connectivity index (χ1n) is 11.7. The molecule has 1 unspecified atom stereocenters. The van der Waals surface area contributed by atoms with Crippen LogP contribution in [0.4, 0.5) is 17.2 Å². The molecular weight excluding hydrogens is 494 g/mol. The van der Waals surface area contributed by atoms with Crippen LogP contribution < -0.4 is 16.0 Å². The maximum absolute atomic E-state index is 13.0. The lowest BCUT2D eigenvalue weighted by Gasteiger charge is -2.20. The summed E-state index contributed by atoms with van der Waals surface area (Å²) in [6.07, 6.45) is 4.27. The van der Waals surface area contributed by atoms with Gasteiger partial charge in [0.25, 0.3) is 11.7 Å². The van der Waals surface area contributed by atoms with Crippen molar-refractivity contribution in [2.75, 3.05) is 16.0 Å². The Hall–Kier alpha value is -4.50. The highest BCUT2D eigenvalue weighted by Crippen LogP contribution is 2.47. The van der Waals surface area contributed by atoms with Gasteiger partial charge in [0.05, 0.1) is 27.2 Å². The molecule has 10 heteroatoms. The van der Waals surface area contributed by atoms with E-state index >= 15 is 0 Å². The maximum atomic E-state index is 13.0. The topological polar surface area (TPSA) is 122 Å². The fraction of sp³-hybridized carbons (Fsp3) is 0.148. The zero-order chi connectivity index (χ0) is 25.5. The normalized spacial score (nSPS) is 19.1. The molecule has 1 spiro atoms. The third-order valence-corrected chi connectivity index (χ3v) is 7.78. The first-order valence-corrected chi connectivity index (χ1v) is 12.1. The zero-order valence-electron chi connectivity index (χ0n) is 19.2. The largest absolute Gasteiger partial charge is 0.337 e. The predicted octanol–water partition coefficient (Wildman–Crippen LogP) is 3.45. The number of halogens is 1. The van der Waals surface area contributed by atoms with E-state index in [0.717, 1.165) is 16.7 Å². The number of nitrogens with zero attached hydrogens (tertiary/aromatic N) is 2. The van der Waals surface area contributed by atoms with Gasteiger partial charge in [-0.3, -0.25) is 19.2 Å². The smallest absolute Gasteiger partial charge is 0.296 e. The number of Topliss-reactive ketones (excluding diaryl/α,β-unsaturated/α-hetero) is 1. The lowest BCUT2D eigenvalue weighted by molar-refractivity contribution is -0.120. The first kappa shape index (κ1) is 21.8. The monoisotopic (exact) mass is 511 g/mol. The Morgan fingerprint density at radius 1 is 1.08 bits per heavy atom. The highest BCUT2D eigenvalue weighted by molar-refractivity contribution is 6.53. The molecule has 1 aliphatic carbocycles. The Morgan fingerprint density at radius 3 is 2.78 bits per heavy atom. The molecule has 0 radical (unpaired) electrons. The Balaban J connectivity index is 1.15. The van der Waals surface area contributed by atoms with Crippen LogP contribution in [0.25, 0.3) is 10.9 Å². The van der Waals surface area contributed by atoms with Crippen LogP contribution in [-0.2, 0) is 39.2 Å². The van der Waals surface area contributed by atoms with Gasteiger partial charge in [-0.05, 0) is 54.3 Å². The summed E-state index contributed by atoms with van der Waals surface area (Å²) in [4.78, 5) is 54.7. The van der Waals surface area contributed by atoms with E-state index in [2.05, 4.69) is 20.9 Å². The summed E-state index contributed by atoms with van der Waals surface area (Å²) in [7, 11) is 0. The van der Waals surface area contributed by atoms with Crippen LogP contribution in [0.15, 0.2) is 54.9 Å². The molecule has 2 aliphatic heterocycles. The SMILES string of the molecule is O=C(Cn1cc2c3c(c(Cl)ccc31)NC(=O)C2=O)Nc1ccc2c(c1)CC1(C2)C(=O)Nc2ncccc21. The van der Waals surface area contributed by atoms with Crippen molar-refractivity contribution in [3.05, 3.63) is 82.1 Å². The molecule has 4 aromatic rings. The van der Waals surface area contributed by atoms with Gasteiger partial charge in [0.15, 0.2) is 0 Å². The molecule has 3 aliphatic rings. The number of pyridine rings is 1. The first-order chi connectivity index (χ1) is 17.8. The molecule has 0 fully saturated rings. The van der Waals surface area contributed by atoms with Gasteiger partial charge < -0.3 is 20.5 Å². The summed E-state index contributed by atoms with van der Waals surface area (Å²) in [5, 5.41) is 9.20. The summed E-state index contributed by atoms with van der Waals surface area (Å²) in [6.45, 7) is -0.0679. The van der Waals surface area contributed by atoms with Gasteiger partial charge in [0.2, 0.25) is 11.8 Å². The number of carbonyl (C=O) groups is 4. The summed E-state index contributed by atoms with van der Waals surface area (Å²) in [5.41, 5.74) is 4.10. The molecule has 4 heterocycles. The minimum Gasteiger partial charge on any atom is -0.337 e. The maximum Gasteiger partial charge on any atom is 0.296 e. The van der Waals surface area contributed by atoms with Crippen molar-refractivity contribution in [2.45, 2.75) is 24.8 Å². The lowest BCUT2D eigenvalue weighted by atomic mass is 9.79. The number of carbonyl (C=O) groups excluding carboxylic acids is 4. The van der Waals surface area contributed by atoms with Crippen molar-refractivity contribution in [1.82, 2.24) is 9.55 Å². The molecule has 0 saturated carbocycles. The number of hydrogen-bond donors (Lipinski definition) is 3. The third kappa shape index (κ3) is 3.07. The summed E-state index contributed by atoms with van der Waals surface area (Å²) in [5.74, 6) is -1.17. The second-order valence-electron chi connectivity index (χ2n) is 9.59. The van der Waals surface area contributed by atoms with E-state index in [9.17, 15) is 19.2 Å². The van der Waals surface area contributed by atoms with Crippen LogP contribution >= 0.6 is 11.6 Å². The van der Waals surface area contributed by atoms with E-state index in [4.69, 9.17) is 11.6 Å². The van der Waals surface area contributed by atoms with Crippen molar-refractivity contribution in [3.63, 3.8) is 0 Å². The number of aromatic nitrogens is 2. The fourth-order valence-corrected chi connectivity index (χ4v) is 5.99. The molecule has 182 valence electrons. The van der Waals surface area contributed by atoms with Gasteiger partial charge in [-0.2, -0.15) is 0 Å². The van der Waals surface area contributed by atoms with E-state index in [-0.39, 0.29) is 23.9 Å². The summed E-state index contributed by atoms with van der Waals surface area (Å²) in [6, 6.07) is 12.8. The lowest BCUT2D eigenvalue weighted by Crippen LogP contribution is -2.35. The molecule has 3 amide bonds. The quantitative estimate of drug-likeness (QED) is 0.364. The minimum absolute atomic E-state index is 0.0578. The molecule has 2 aromatic carbocycles. The number of ketones is 1. The number of hydrogen-bond acceptors (Lipinski definition) is 5. The molecule has 9 nitrogen and oxygen atoms in total. The highest BCUT2D eigenvalue weighted by Gasteiger charge is 2.51. The molecule has 7 rings (SSSR count). The van der Waals surface area contributed by atoms with Gasteiger partial charge in [-0.1, -0.05) is 23.7 Å². The molecule has 37 heavy (non-hydrogen) atoms. The Morgan fingerprint density at radius 2 is 1.92 bits per heavy atom. The van der Waals surface area contributed by atoms with Gasteiger partial charge in [0, 0.05) is 29.0 Å². The molecular formula is C27H18ClN5O4. The van der Waals surface area contributed by atoms with Gasteiger partial charge in [-0.15, -0.1) is 0 Å². The molecule has 1 atom stereocenters.